The summed E-state index contributed by atoms with van der Waals surface area (Å²) < 4.78 is 0. The van der Waals surface area contributed by atoms with E-state index in [1.807, 2.05) is 12.3 Å². The van der Waals surface area contributed by atoms with Crippen molar-refractivity contribution in [1.29, 1.82) is 0 Å². The van der Waals surface area contributed by atoms with Crippen LogP contribution < -0.4 is 0 Å². The smallest absolute Gasteiger partial charge is 0.0862 e. The highest BCUT2D eigenvalue weighted by Gasteiger charge is 2.32. The molecule has 2 aliphatic rings. The maximum atomic E-state index is 4.49. The van der Waals surface area contributed by atoms with Crippen molar-refractivity contribution in [2.24, 2.45) is 10.9 Å². The van der Waals surface area contributed by atoms with Crippen LogP contribution in [0.15, 0.2) is 40.9 Å². The zero-order valence-electron chi connectivity index (χ0n) is 7.49. The van der Waals surface area contributed by atoms with E-state index in [9.17, 15) is 0 Å². The largest absolute Gasteiger partial charge is 0.282 e. The van der Waals surface area contributed by atoms with E-state index in [1.54, 1.807) is 0 Å². The third-order valence-corrected chi connectivity index (χ3v) is 2.66. The van der Waals surface area contributed by atoms with Crippen LogP contribution in [0.1, 0.15) is 13.8 Å². The fourth-order valence-electron chi connectivity index (χ4n) is 1.90. The highest BCUT2D eigenvalue weighted by Crippen LogP contribution is 2.35. The third kappa shape index (κ3) is 0.970. The molecule has 1 heteroatoms. The van der Waals surface area contributed by atoms with Crippen LogP contribution in [0.25, 0.3) is 0 Å². The molecule has 2 unspecified atom stereocenters. The number of rotatable bonds is 0. The molecule has 0 fully saturated rings. The number of hydrogen-bond donors (Lipinski definition) is 0. The van der Waals surface area contributed by atoms with Crippen LogP contribution in [-0.4, -0.2) is 11.8 Å². The van der Waals surface area contributed by atoms with Gasteiger partial charge in [-0.3, -0.25) is 4.99 Å². The molecule has 2 rings (SSSR count). The predicted octanol–water partition coefficient (Wildman–Crippen LogP) is 2.52. The third-order valence-electron chi connectivity index (χ3n) is 2.66. The molecule has 0 saturated heterocycles. The van der Waals surface area contributed by atoms with Crippen molar-refractivity contribution in [1.82, 2.24) is 0 Å². The summed E-state index contributed by atoms with van der Waals surface area (Å²) in [5.74, 6) is 0.465. The van der Waals surface area contributed by atoms with Gasteiger partial charge < -0.3 is 0 Å². The minimum atomic E-state index is -0.0203. The Kier molecular flexibility index (Phi) is 1.53. The molecular formula is C11H13N. The molecule has 0 aromatic rings. The lowest BCUT2D eigenvalue weighted by molar-refractivity contribution is 0.474. The minimum absolute atomic E-state index is 0.0203. The molecule has 0 N–H and O–H groups in total. The fraction of sp³-hybridized carbons (Fsp3) is 0.364. The van der Waals surface area contributed by atoms with E-state index in [4.69, 9.17) is 0 Å². The summed E-state index contributed by atoms with van der Waals surface area (Å²) in [6.07, 6.45) is 12.6. The van der Waals surface area contributed by atoms with E-state index in [0.29, 0.717) is 5.92 Å². The molecule has 0 radical (unpaired) electrons. The highest BCUT2D eigenvalue weighted by molar-refractivity contribution is 5.74. The van der Waals surface area contributed by atoms with Gasteiger partial charge in [-0.15, -0.1) is 0 Å². The average molecular weight is 159 g/mol. The van der Waals surface area contributed by atoms with Crippen molar-refractivity contribution in [2.45, 2.75) is 19.4 Å². The van der Waals surface area contributed by atoms with E-state index >= 15 is 0 Å². The van der Waals surface area contributed by atoms with E-state index in [0.717, 1.165) is 0 Å². The van der Waals surface area contributed by atoms with Crippen LogP contribution in [0.2, 0.25) is 0 Å². The summed E-state index contributed by atoms with van der Waals surface area (Å²) in [4.78, 5) is 4.49. The molecule has 1 aliphatic carbocycles. The first-order valence-corrected chi connectivity index (χ1v) is 4.30. The molecule has 0 bridgehead atoms. The van der Waals surface area contributed by atoms with Crippen molar-refractivity contribution in [3.05, 3.63) is 36.0 Å². The van der Waals surface area contributed by atoms with Gasteiger partial charge in [0.05, 0.1) is 5.54 Å². The van der Waals surface area contributed by atoms with Gasteiger partial charge in [-0.25, -0.2) is 0 Å². The lowest BCUT2D eigenvalue weighted by atomic mass is 9.77. The van der Waals surface area contributed by atoms with Crippen molar-refractivity contribution >= 4 is 6.21 Å². The Hall–Kier alpha value is -1.11. The van der Waals surface area contributed by atoms with Crippen LogP contribution >= 0.6 is 0 Å². The maximum absolute atomic E-state index is 4.49. The van der Waals surface area contributed by atoms with Gasteiger partial charge in [0, 0.05) is 12.1 Å². The van der Waals surface area contributed by atoms with Crippen LogP contribution in [-0.2, 0) is 0 Å². The average Bonchev–Trinajstić information content (AvgIpc) is 2.04. The SMILES string of the molecule is CC1=CC=CC2(C)N=CC=CC12. The number of fused-ring (bicyclic) bond motifs is 1. The molecule has 62 valence electrons. The fourth-order valence-corrected chi connectivity index (χ4v) is 1.90. The summed E-state index contributed by atoms with van der Waals surface area (Å²) >= 11 is 0. The Morgan fingerprint density at radius 3 is 3.00 bits per heavy atom. The van der Waals surface area contributed by atoms with E-state index in [-0.39, 0.29) is 5.54 Å². The monoisotopic (exact) mass is 159 g/mol. The summed E-state index contributed by atoms with van der Waals surface area (Å²) in [7, 11) is 0. The molecule has 0 aromatic heterocycles. The quantitative estimate of drug-likeness (QED) is 0.515. The Labute approximate surface area is 73.2 Å². The molecule has 1 nitrogen and oxygen atoms in total. The van der Waals surface area contributed by atoms with Gasteiger partial charge in [0.1, 0.15) is 0 Å². The topological polar surface area (TPSA) is 12.4 Å². The second-order valence-corrected chi connectivity index (χ2v) is 3.64. The maximum Gasteiger partial charge on any atom is 0.0862 e. The zero-order valence-corrected chi connectivity index (χ0v) is 7.49. The van der Waals surface area contributed by atoms with Crippen molar-refractivity contribution in [3.8, 4) is 0 Å². The van der Waals surface area contributed by atoms with Crippen molar-refractivity contribution in [3.63, 3.8) is 0 Å². The van der Waals surface area contributed by atoms with Crippen LogP contribution in [0.3, 0.4) is 0 Å². The molecule has 0 saturated carbocycles. The molecule has 0 spiro atoms. The standard InChI is InChI=1S/C11H13N/c1-9-5-3-7-11(2)10(9)6-4-8-12-11/h3-8,10H,1-2H3. The van der Waals surface area contributed by atoms with Crippen LogP contribution in [0.4, 0.5) is 0 Å². The number of allylic oxidation sites excluding steroid dienone is 3. The van der Waals surface area contributed by atoms with E-state index in [1.165, 1.54) is 5.57 Å². The minimum Gasteiger partial charge on any atom is -0.282 e. The second kappa shape index (κ2) is 2.44. The number of dihydropyridines is 1. The molecule has 0 aromatic carbocycles. The van der Waals surface area contributed by atoms with Crippen LogP contribution in [0, 0.1) is 5.92 Å². The summed E-state index contributed by atoms with van der Waals surface area (Å²) in [5, 5.41) is 0. The molecule has 1 aliphatic heterocycles. The Morgan fingerprint density at radius 2 is 2.25 bits per heavy atom. The van der Waals surface area contributed by atoms with Gasteiger partial charge in [0.25, 0.3) is 0 Å². The van der Waals surface area contributed by atoms with E-state index < -0.39 is 0 Å². The van der Waals surface area contributed by atoms with Gasteiger partial charge in [0.15, 0.2) is 0 Å². The first kappa shape index (κ1) is 7.53. The highest BCUT2D eigenvalue weighted by atomic mass is 14.9. The van der Waals surface area contributed by atoms with Crippen molar-refractivity contribution in [2.75, 3.05) is 0 Å². The lowest BCUT2D eigenvalue weighted by Crippen LogP contribution is -2.33. The van der Waals surface area contributed by atoms with Gasteiger partial charge in [-0.2, -0.15) is 0 Å². The zero-order chi connectivity index (χ0) is 8.60. The number of hydrogen-bond acceptors (Lipinski definition) is 1. The summed E-state index contributed by atoms with van der Waals surface area (Å²) in [6.45, 7) is 4.34. The van der Waals surface area contributed by atoms with E-state index in [2.05, 4.69) is 43.1 Å². The molecule has 2 atom stereocenters. The Morgan fingerprint density at radius 1 is 1.42 bits per heavy atom. The van der Waals surface area contributed by atoms with Gasteiger partial charge in [0.2, 0.25) is 0 Å². The predicted molar refractivity (Wildman–Crippen MR) is 52.4 cm³/mol. The first-order valence-electron chi connectivity index (χ1n) is 4.30. The number of nitrogens with zero attached hydrogens (tertiary/aromatic N) is 1. The Balaban J connectivity index is 2.44. The molecule has 0 amide bonds. The first-order chi connectivity index (χ1) is 5.72. The molecular weight excluding hydrogens is 146 g/mol. The van der Waals surface area contributed by atoms with Gasteiger partial charge >= 0.3 is 0 Å². The molecule has 1 heterocycles. The summed E-state index contributed by atoms with van der Waals surface area (Å²) in [5.41, 5.74) is 1.38. The summed E-state index contributed by atoms with van der Waals surface area (Å²) in [6, 6.07) is 0. The second-order valence-electron chi connectivity index (χ2n) is 3.64. The lowest BCUT2D eigenvalue weighted by Gasteiger charge is -2.34. The van der Waals surface area contributed by atoms with Crippen molar-refractivity contribution < 1.29 is 0 Å². The normalized spacial score (nSPS) is 37.8. The molecule has 12 heavy (non-hydrogen) atoms. The van der Waals surface area contributed by atoms with Gasteiger partial charge in [-0.05, 0) is 19.9 Å². The van der Waals surface area contributed by atoms with Crippen LogP contribution in [0.5, 0.6) is 0 Å². The van der Waals surface area contributed by atoms with Gasteiger partial charge in [-0.1, -0.05) is 29.9 Å². The Bertz CT molecular complexity index is 307. The number of aliphatic imine (C=N–C) groups is 1.